The first-order valence-corrected chi connectivity index (χ1v) is 7.65. The lowest BCUT2D eigenvalue weighted by Crippen LogP contribution is -2.45. The fourth-order valence-corrected chi connectivity index (χ4v) is 3.42. The van der Waals surface area contributed by atoms with Gasteiger partial charge in [0.05, 0.1) is 16.8 Å². The molecule has 0 radical (unpaired) electrons. The van der Waals surface area contributed by atoms with Crippen molar-refractivity contribution in [2.75, 3.05) is 18.4 Å². The Morgan fingerprint density at radius 1 is 1.43 bits per heavy atom. The molecule has 0 bridgehead atoms. The lowest BCUT2D eigenvalue weighted by molar-refractivity contribution is -0.135. The number of thiazole rings is 1. The number of carbonyl (C=O) groups excluding carboxylic acids is 2. The second-order valence-electron chi connectivity index (χ2n) is 4.99. The molecule has 1 aliphatic heterocycles. The van der Waals surface area contributed by atoms with Crippen molar-refractivity contribution in [2.24, 2.45) is 5.73 Å². The minimum Gasteiger partial charge on any atom is -0.368 e. The third kappa shape index (κ3) is 2.82. The van der Waals surface area contributed by atoms with E-state index in [4.69, 9.17) is 5.73 Å². The molecule has 1 atom stereocenters. The van der Waals surface area contributed by atoms with Gasteiger partial charge in [-0.15, -0.1) is 0 Å². The summed E-state index contributed by atoms with van der Waals surface area (Å²) < 4.78 is 1.07. The summed E-state index contributed by atoms with van der Waals surface area (Å²) in [5, 5.41) is 3.74. The summed E-state index contributed by atoms with van der Waals surface area (Å²) in [5.74, 6) is -0.545. The normalized spacial score (nSPS) is 18.1. The van der Waals surface area contributed by atoms with Crippen molar-refractivity contribution in [3.05, 3.63) is 24.3 Å². The molecule has 2 aromatic rings. The zero-order valence-corrected chi connectivity index (χ0v) is 12.2. The maximum absolute atomic E-state index is 12.2. The smallest absolute Gasteiger partial charge is 0.242 e. The molecule has 7 heteroatoms. The van der Waals surface area contributed by atoms with Crippen LogP contribution in [0.1, 0.15) is 12.8 Å². The Morgan fingerprint density at radius 3 is 3.00 bits per heavy atom. The van der Waals surface area contributed by atoms with Gasteiger partial charge in [-0.2, -0.15) is 0 Å². The summed E-state index contributed by atoms with van der Waals surface area (Å²) in [6.07, 6.45) is 1.47. The first kappa shape index (κ1) is 13.8. The highest BCUT2D eigenvalue weighted by molar-refractivity contribution is 7.22. The Morgan fingerprint density at radius 2 is 2.24 bits per heavy atom. The zero-order valence-electron chi connectivity index (χ0n) is 11.4. The Bertz CT molecular complexity index is 651. The van der Waals surface area contributed by atoms with E-state index in [9.17, 15) is 9.59 Å². The van der Waals surface area contributed by atoms with Crippen LogP contribution < -0.4 is 11.1 Å². The number of nitrogens with zero attached hydrogens (tertiary/aromatic N) is 2. The summed E-state index contributed by atoms with van der Waals surface area (Å²) in [6, 6.07) is 7.34. The quantitative estimate of drug-likeness (QED) is 0.888. The SMILES string of the molecule is NC(=O)[C@@H]1CCCN1C(=O)CNc1nc2ccccc2s1. The summed E-state index contributed by atoms with van der Waals surface area (Å²) in [5.41, 5.74) is 6.23. The number of anilines is 1. The number of amides is 2. The van der Waals surface area contributed by atoms with Crippen molar-refractivity contribution in [3.8, 4) is 0 Å². The Balaban J connectivity index is 1.64. The molecule has 1 fully saturated rings. The molecule has 0 saturated carbocycles. The molecule has 0 aliphatic carbocycles. The fraction of sp³-hybridized carbons (Fsp3) is 0.357. The Hall–Kier alpha value is -2.15. The van der Waals surface area contributed by atoms with Gasteiger partial charge in [-0.1, -0.05) is 23.5 Å². The van der Waals surface area contributed by atoms with Crippen LogP contribution in [0.2, 0.25) is 0 Å². The molecule has 1 aliphatic rings. The minimum absolute atomic E-state index is 0.115. The number of fused-ring (bicyclic) bond motifs is 1. The predicted molar refractivity (Wildman–Crippen MR) is 82.0 cm³/mol. The third-order valence-corrected chi connectivity index (χ3v) is 4.58. The van der Waals surface area contributed by atoms with E-state index in [2.05, 4.69) is 10.3 Å². The highest BCUT2D eigenvalue weighted by Gasteiger charge is 2.32. The van der Waals surface area contributed by atoms with Crippen LogP contribution in [0.4, 0.5) is 5.13 Å². The molecule has 0 unspecified atom stereocenters. The van der Waals surface area contributed by atoms with Crippen molar-refractivity contribution in [1.29, 1.82) is 0 Å². The lowest BCUT2D eigenvalue weighted by Gasteiger charge is -2.22. The summed E-state index contributed by atoms with van der Waals surface area (Å²) in [6.45, 7) is 0.720. The van der Waals surface area contributed by atoms with Gasteiger partial charge in [0.25, 0.3) is 0 Å². The summed E-state index contributed by atoms with van der Waals surface area (Å²) >= 11 is 1.50. The van der Waals surface area contributed by atoms with Crippen LogP contribution in [-0.2, 0) is 9.59 Å². The monoisotopic (exact) mass is 304 g/mol. The van der Waals surface area contributed by atoms with Gasteiger partial charge in [-0.3, -0.25) is 9.59 Å². The minimum atomic E-state index is -0.463. The first-order chi connectivity index (χ1) is 10.1. The molecule has 110 valence electrons. The van der Waals surface area contributed by atoms with E-state index in [-0.39, 0.29) is 12.5 Å². The van der Waals surface area contributed by atoms with Crippen LogP contribution in [0.15, 0.2) is 24.3 Å². The van der Waals surface area contributed by atoms with Crippen LogP contribution >= 0.6 is 11.3 Å². The molecule has 21 heavy (non-hydrogen) atoms. The molecule has 2 amide bonds. The highest BCUT2D eigenvalue weighted by atomic mass is 32.1. The van der Waals surface area contributed by atoms with E-state index in [0.29, 0.717) is 18.1 Å². The van der Waals surface area contributed by atoms with Gasteiger partial charge in [0.2, 0.25) is 11.8 Å². The van der Waals surface area contributed by atoms with Crippen LogP contribution in [-0.4, -0.2) is 40.8 Å². The fourth-order valence-electron chi connectivity index (χ4n) is 2.56. The number of carbonyl (C=O) groups is 2. The van der Waals surface area contributed by atoms with Crippen LogP contribution in [0.25, 0.3) is 10.2 Å². The molecule has 6 nitrogen and oxygen atoms in total. The standard InChI is InChI=1S/C14H16N4O2S/c15-13(20)10-5-3-7-18(10)12(19)8-16-14-17-9-4-1-2-6-11(9)21-14/h1-2,4,6,10H,3,5,7-8H2,(H2,15,20)(H,16,17)/t10-/m0/s1. The first-order valence-electron chi connectivity index (χ1n) is 6.83. The van der Waals surface area contributed by atoms with E-state index in [0.717, 1.165) is 16.6 Å². The molecule has 2 heterocycles. The topological polar surface area (TPSA) is 88.3 Å². The maximum Gasteiger partial charge on any atom is 0.242 e. The van der Waals surface area contributed by atoms with Gasteiger partial charge < -0.3 is 16.0 Å². The number of para-hydroxylation sites is 1. The molecule has 0 spiro atoms. The van der Waals surface area contributed by atoms with Gasteiger partial charge in [-0.25, -0.2) is 4.98 Å². The number of likely N-dealkylation sites (tertiary alicyclic amines) is 1. The number of hydrogen-bond donors (Lipinski definition) is 2. The lowest BCUT2D eigenvalue weighted by atomic mass is 10.2. The summed E-state index contributed by atoms with van der Waals surface area (Å²) in [7, 11) is 0. The zero-order chi connectivity index (χ0) is 14.8. The number of aromatic nitrogens is 1. The summed E-state index contributed by atoms with van der Waals surface area (Å²) in [4.78, 5) is 29.5. The van der Waals surface area contributed by atoms with Crippen LogP contribution in [0, 0.1) is 0 Å². The molecular weight excluding hydrogens is 288 g/mol. The molecule has 1 aromatic carbocycles. The molecule has 3 N–H and O–H groups in total. The number of primary amides is 1. The number of nitrogens with one attached hydrogen (secondary N) is 1. The molecular formula is C14H16N4O2S. The van der Waals surface area contributed by atoms with E-state index < -0.39 is 11.9 Å². The van der Waals surface area contributed by atoms with Crippen molar-refractivity contribution in [3.63, 3.8) is 0 Å². The number of rotatable bonds is 4. The molecule has 3 rings (SSSR count). The van der Waals surface area contributed by atoms with Gasteiger partial charge >= 0.3 is 0 Å². The van der Waals surface area contributed by atoms with E-state index >= 15 is 0 Å². The number of benzene rings is 1. The number of hydrogen-bond acceptors (Lipinski definition) is 5. The van der Waals surface area contributed by atoms with E-state index in [1.54, 1.807) is 4.90 Å². The third-order valence-electron chi connectivity index (χ3n) is 3.59. The van der Waals surface area contributed by atoms with E-state index in [1.807, 2.05) is 24.3 Å². The average molecular weight is 304 g/mol. The van der Waals surface area contributed by atoms with E-state index in [1.165, 1.54) is 11.3 Å². The van der Waals surface area contributed by atoms with Crippen LogP contribution in [0.5, 0.6) is 0 Å². The molecule has 1 saturated heterocycles. The molecule has 1 aromatic heterocycles. The van der Waals surface area contributed by atoms with Crippen molar-refractivity contribution in [2.45, 2.75) is 18.9 Å². The predicted octanol–water partition coefficient (Wildman–Crippen LogP) is 1.18. The average Bonchev–Trinajstić information content (AvgIpc) is 3.10. The second-order valence-corrected chi connectivity index (χ2v) is 6.02. The Labute approximate surface area is 125 Å². The van der Waals surface area contributed by atoms with Crippen LogP contribution in [0.3, 0.4) is 0 Å². The highest BCUT2D eigenvalue weighted by Crippen LogP contribution is 2.25. The largest absolute Gasteiger partial charge is 0.368 e. The van der Waals surface area contributed by atoms with Gasteiger partial charge in [-0.05, 0) is 25.0 Å². The second kappa shape index (κ2) is 5.69. The van der Waals surface area contributed by atoms with Crippen molar-refractivity contribution >= 4 is 38.5 Å². The van der Waals surface area contributed by atoms with Crippen molar-refractivity contribution < 1.29 is 9.59 Å². The van der Waals surface area contributed by atoms with Gasteiger partial charge in [0.1, 0.15) is 6.04 Å². The van der Waals surface area contributed by atoms with Gasteiger partial charge in [0.15, 0.2) is 5.13 Å². The van der Waals surface area contributed by atoms with Gasteiger partial charge in [0, 0.05) is 6.54 Å². The van der Waals surface area contributed by atoms with Crippen molar-refractivity contribution in [1.82, 2.24) is 9.88 Å². The maximum atomic E-state index is 12.2. The Kier molecular flexibility index (Phi) is 3.74. The number of nitrogens with two attached hydrogens (primary N) is 1.